The molecule has 0 unspecified atom stereocenters. The third kappa shape index (κ3) is 3.85. The average molecular weight is 268 g/mol. The van der Waals surface area contributed by atoms with Gasteiger partial charge in [-0.15, -0.1) is 23.5 Å². The molecule has 1 aromatic rings. The molecule has 0 radical (unpaired) electrons. The minimum absolute atomic E-state index is 0.361. The molecule has 1 saturated heterocycles. The van der Waals surface area contributed by atoms with E-state index in [2.05, 4.69) is 30.4 Å². The monoisotopic (exact) mass is 268 g/mol. The minimum atomic E-state index is 0.361. The minimum Gasteiger partial charge on any atom is -0.508 e. The number of phenols is 1. The number of hydrogen-bond donors (Lipinski definition) is 1. The van der Waals surface area contributed by atoms with Gasteiger partial charge in [0.2, 0.25) is 0 Å². The second kappa shape index (κ2) is 6.60. The lowest BCUT2D eigenvalue weighted by atomic mass is 10.1. The first-order valence-electron chi connectivity index (χ1n) is 6.31. The van der Waals surface area contributed by atoms with Gasteiger partial charge in [0.15, 0.2) is 0 Å². The number of hydrogen-bond acceptors (Lipinski definition) is 3. The van der Waals surface area contributed by atoms with Gasteiger partial charge in [-0.1, -0.05) is 31.9 Å². The van der Waals surface area contributed by atoms with E-state index in [1.807, 2.05) is 12.1 Å². The molecule has 0 spiro atoms. The topological polar surface area (TPSA) is 20.2 Å². The van der Waals surface area contributed by atoms with Crippen molar-refractivity contribution >= 4 is 23.5 Å². The van der Waals surface area contributed by atoms with Gasteiger partial charge in [-0.2, -0.15) is 0 Å². The number of unbranched alkanes of at least 4 members (excludes halogenated alkanes) is 1. The first kappa shape index (κ1) is 13.2. The van der Waals surface area contributed by atoms with Crippen molar-refractivity contribution in [2.45, 2.75) is 30.8 Å². The number of phenolic OH excluding ortho intramolecular Hbond substituents is 1. The van der Waals surface area contributed by atoms with E-state index in [1.165, 1.54) is 36.3 Å². The molecule has 1 nitrogen and oxygen atoms in total. The van der Waals surface area contributed by atoms with Crippen LogP contribution in [0.2, 0.25) is 0 Å². The highest BCUT2D eigenvalue weighted by Gasteiger charge is 2.22. The predicted molar refractivity (Wildman–Crippen MR) is 78.8 cm³/mol. The summed E-state index contributed by atoms with van der Waals surface area (Å²) in [7, 11) is 0. The Morgan fingerprint density at radius 1 is 1.18 bits per heavy atom. The average Bonchev–Trinajstić information content (AvgIpc) is 2.38. The molecule has 1 fully saturated rings. The second-order valence-electron chi connectivity index (χ2n) is 4.60. The lowest BCUT2D eigenvalue weighted by molar-refractivity contribution is 0.475. The maximum absolute atomic E-state index is 9.28. The van der Waals surface area contributed by atoms with E-state index in [9.17, 15) is 5.11 Å². The molecule has 0 aromatic heterocycles. The molecular formula is C14H20OS2. The Morgan fingerprint density at radius 3 is 2.41 bits per heavy atom. The third-order valence-corrected chi connectivity index (χ3v) is 6.39. The first-order chi connectivity index (χ1) is 8.29. The van der Waals surface area contributed by atoms with Crippen LogP contribution in [0.1, 0.15) is 36.3 Å². The van der Waals surface area contributed by atoms with Crippen molar-refractivity contribution in [3.8, 4) is 5.75 Å². The summed E-state index contributed by atoms with van der Waals surface area (Å²) >= 11 is 4.12. The summed E-state index contributed by atoms with van der Waals surface area (Å²) in [4.78, 5) is 0. The molecule has 3 heteroatoms. The van der Waals surface area contributed by atoms with E-state index in [0.717, 1.165) is 5.92 Å². The van der Waals surface area contributed by atoms with Gasteiger partial charge in [0.05, 0.1) is 4.58 Å². The van der Waals surface area contributed by atoms with Gasteiger partial charge in [-0.3, -0.25) is 0 Å². The van der Waals surface area contributed by atoms with Gasteiger partial charge in [-0.25, -0.2) is 0 Å². The van der Waals surface area contributed by atoms with E-state index in [4.69, 9.17) is 0 Å². The Morgan fingerprint density at radius 2 is 1.82 bits per heavy atom. The molecule has 0 bridgehead atoms. The Kier molecular flexibility index (Phi) is 5.11. The van der Waals surface area contributed by atoms with Crippen LogP contribution in [0.4, 0.5) is 0 Å². The van der Waals surface area contributed by atoms with Gasteiger partial charge < -0.3 is 5.11 Å². The predicted octanol–water partition coefficient (Wildman–Crippen LogP) is 4.68. The van der Waals surface area contributed by atoms with Gasteiger partial charge in [-0.05, 0) is 41.5 Å². The lowest BCUT2D eigenvalue weighted by Gasteiger charge is -2.28. The second-order valence-corrected chi connectivity index (χ2v) is 7.17. The largest absolute Gasteiger partial charge is 0.508 e. The van der Waals surface area contributed by atoms with Crippen molar-refractivity contribution in [2.75, 3.05) is 11.5 Å². The molecule has 1 aliphatic heterocycles. The summed E-state index contributed by atoms with van der Waals surface area (Å²) in [6, 6.07) is 7.68. The summed E-state index contributed by atoms with van der Waals surface area (Å²) in [5, 5.41) is 9.28. The summed E-state index contributed by atoms with van der Waals surface area (Å²) < 4.78 is 0.563. The van der Waals surface area contributed by atoms with Crippen LogP contribution >= 0.6 is 23.5 Å². The van der Waals surface area contributed by atoms with E-state index >= 15 is 0 Å². The molecule has 0 aliphatic carbocycles. The van der Waals surface area contributed by atoms with E-state index in [-0.39, 0.29) is 0 Å². The Labute approximate surface area is 112 Å². The van der Waals surface area contributed by atoms with Crippen LogP contribution < -0.4 is 0 Å². The molecule has 0 amide bonds. The summed E-state index contributed by atoms with van der Waals surface area (Å²) in [6.45, 7) is 2.27. The zero-order chi connectivity index (χ0) is 12.1. The maximum Gasteiger partial charge on any atom is 0.115 e. The molecule has 1 aromatic carbocycles. The first-order valence-corrected chi connectivity index (χ1v) is 8.41. The molecule has 1 heterocycles. The number of benzene rings is 1. The van der Waals surface area contributed by atoms with Crippen molar-refractivity contribution in [2.24, 2.45) is 5.92 Å². The zero-order valence-corrected chi connectivity index (χ0v) is 11.9. The number of rotatable bonds is 4. The molecule has 94 valence electrons. The highest BCUT2D eigenvalue weighted by Crippen LogP contribution is 2.46. The third-order valence-electron chi connectivity index (χ3n) is 3.10. The van der Waals surface area contributed by atoms with Gasteiger partial charge in [0.25, 0.3) is 0 Å². The fourth-order valence-corrected chi connectivity index (χ4v) is 5.19. The van der Waals surface area contributed by atoms with Crippen LogP contribution in [0.15, 0.2) is 24.3 Å². The highest BCUT2D eigenvalue weighted by atomic mass is 32.2. The molecule has 0 atom stereocenters. The summed E-state index contributed by atoms with van der Waals surface area (Å²) in [5.74, 6) is 3.84. The Bertz CT molecular complexity index is 329. The van der Waals surface area contributed by atoms with E-state index in [1.54, 1.807) is 12.1 Å². The fourth-order valence-electron chi connectivity index (χ4n) is 2.03. The number of thioether (sulfide) groups is 2. The Hall–Kier alpha value is -0.280. The van der Waals surface area contributed by atoms with Crippen molar-refractivity contribution < 1.29 is 5.11 Å². The van der Waals surface area contributed by atoms with Gasteiger partial charge in [0.1, 0.15) is 5.75 Å². The maximum atomic E-state index is 9.28. The molecule has 17 heavy (non-hydrogen) atoms. The van der Waals surface area contributed by atoms with E-state index < -0.39 is 0 Å². The van der Waals surface area contributed by atoms with Crippen LogP contribution in [0.5, 0.6) is 5.75 Å². The Balaban J connectivity index is 1.84. The van der Waals surface area contributed by atoms with Crippen LogP contribution in [0, 0.1) is 5.92 Å². The standard InChI is InChI=1S/C14H20OS2/c1-2-3-4-11-9-16-14(17-10-11)12-5-7-13(15)8-6-12/h5-8,11,14-15H,2-4,9-10H2,1H3. The van der Waals surface area contributed by atoms with Crippen LogP contribution in [0.25, 0.3) is 0 Å². The van der Waals surface area contributed by atoms with Crippen molar-refractivity contribution in [1.29, 1.82) is 0 Å². The van der Waals surface area contributed by atoms with Gasteiger partial charge >= 0.3 is 0 Å². The van der Waals surface area contributed by atoms with Crippen LogP contribution in [0.3, 0.4) is 0 Å². The van der Waals surface area contributed by atoms with Crippen LogP contribution in [-0.2, 0) is 0 Å². The SMILES string of the molecule is CCCCC1CSC(c2ccc(O)cc2)SC1. The van der Waals surface area contributed by atoms with Crippen molar-refractivity contribution in [3.05, 3.63) is 29.8 Å². The normalized spacial score (nSPS) is 24.8. The molecule has 1 N–H and O–H groups in total. The lowest BCUT2D eigenvalue weighted by Crippen LogP contribution is -2.14. The number of aromatic hydroxyl groups is 1. The fraction of sp³-hybridized carbons (Fsp3) is 0.571. The quantitative estimate of drug-likeness (QED) is 0.856. The smallest absolute Gasteiger partial charge is 0.115 e. The summed E-state index contributed by atoms with van der Waals surface area (Å²) in [6.07, 6.45) is 4.07. The summed E-state index contributed by atoms with van der Waals surface area (Å²) in [5.41, 5.74) is 1.34. The molecule has 2 rings (SSSR count). The van der Waals surface area contributed by atoms with Gasteiger partial charge in [0, 0.05) is 0 Å². The van der Waals surface area contributed by atoms with Crippen LogP contribution in [-0.4, -0.2) is 16.6 Å². The van der Waals surface area contributed by atoms with Crippen molar-refractivity contribution in [3.63, 3.8) is 0 Å². The zero-order valence-electron chi connectivity index (χ0n) is 10.3. The van der Waals surface area contributed by atoms with Crippen molar-refractivity contribution in [1.82, 2.24) is 0 Å². The molecule has 1 aliphatic rings. The molecule has 0 saturated carbocycles. The highest BCUT2D eigenvalue weighted by molar-refractivity contribution is 8.16. The molecular weight excluding hydrogens is 248 g/mol. The van der Waals surface area contributed by atoms with E-state index in [0.29, 0.717) is 10.3 Å².